The molecule has 1 fully saturated rings. The molecule has 7 nitrogen and oxygen atoms in total. The third-order valence-corrected chi connectivity index (χ3v) is 6.91. The molecule has 0 atom stereocenters. The lowest BCUT2D eigenvalue weighted by Crippen LogP contribution is -2.39. The van der Waals surface area contributed by atoms with Gasteiger partial charge in [-0.05, 0) is 74.6 Å². The zero-order valence-corrected chi connectivity index (χ0v) is 18.8. The standard InChI is InChI=1S/C24H25N3O4S/c1-16-11-12-17(2)22(14-16)32(29,30)27-19-8-4-9-20(15-19)31-24-21(10-5-13-25-24)23(28)26-18-6-3-7-18/h4-5,8-15,18,27H,3,6-7H2,1-2H3,(H,26,28). The van der Waals surface area contributed by atoms with E-state index in [0.717, 1.165) is 24.8 Å². The van der Waals surface area contributed by atoms with E-state index in [4.69, 9.17) is 4.74 Å². The summed E-state index contributed by atoms with van der Waals surface area (Å²) < 4.78 is 34.3. The fraction of sp³-hybridized carbons (Fsp3) is 0.250. The monoisotopic (exact) mass is 451 g/mol. The highest BCUT2D eigenvalue weighted by Crippen LogP contribution is 2.28. The molecule has 1 saturated carbocycles. The number of aromatic nitrogens is 1. The molecule has 3 aromatic rings. The molecule has 0 unspecified atom stereocenters. The van der Waals surface area contributed by atoms with Crippen LogP contribution in [0, 0.1) is 13.8 Å². The number of hydrogen-bond acceptors (Lipinski definition) is 5. The third-order valence-electron chi connectivity index (χ3n) is 5.39. The Morgan fingerprint density at radius 2 is 1.88 bits per heavy atom. The number of nitrogens with one attached hydrogen (secondary N) is 2. The number of aryl methyl sites for hydroxylation is 2. The summed E-state index contributed by atoms with van der Waals surface area (Å²) in [5, 5.41) is 2.98. The Labute approximate surface area is 187 Å². The van der Waals surface area contributed by atoms with Crippen molar-refractivity contribution in [1.82, 2.24) is 10.3 Å². The molecule has 2 aromatic carbocycles. The first-order chi connectivity index (χ1) is 15.3. The maximum absolute atomic E-state index is 12.9. The normalized spacial score (nSPS) is 13.8. The van der Waals surface area contributed by atoms with Gasteiger partial charge in [0.2, 0.25) is 5.88 Å². The van der Waals surface area contributed by atoms with Gasteiger partial charge in [-0.2, -0.15) is 0 Å². The van der Waals surface area contributed by atoms with E-state index < -0.39 is 10.0 Å². The van der Waals surface area contributed by atoms with E-state index in [1.165, 1.54) is 0 Å². The van der Waals surface area contributed by atoms with Crippen LogP contribution < -0.4 is 14.8 Å². The second kappa shape index (κ2) is 9.00. The van der Waals surface area contributed by atoms with Crippen molar-refractivity contribution in [3.05, 3.63) is 77.5 Å². The molecule has 1 heterocycles. The third kappa shape index (κ3) is 4.91. The SMILES string of the molecule is Cc1ccc(C)c(S(=O)(=O)Nc2cccc(Oc3ncccc3C(=O)NC3CCC3)c2)c1. The number of nitrogens with zero attached hydrogens (tertiary/aromatic N) is 1. The van der Waals surface area contributed by atoms with Crippen molar-refractivity contribution in [1.29, 1.82) is 0 Å². The van der Waals surface area contributed by atoms with E-state index in [2.05, 4.69) is 15.0 Å². The highest BCUT2D eigenvalue weighted by Gasteiger charge is 2.23. The van der Waals surface area contributed by atoms with Crippen LogP contribution in [0.3, 0.4) is 0 Å². The average Bonchev–Trinajstić information content (AvgIpc) is 2.72. The Morgan fingerprint density at radius 1 is 1.06 bits per heavy atom. The van der Waals surface area contributed by atoms with Gasteiger partial charge in [0.15, 0.2) is 0 Å². The van der Waals surface area contributed by atoms with E-state index >= 15 is 0 Å². The van der Waals surface area contributed by atoms with Gasteiger partial charge in [0.1, 0.15) is 11.3 Å². The number of carbonyl (C=O) groups is 1. The molecule has 8 heteroatoms. The molecule has 0 spiro atoms. The fourth-order valence-electron chi connectivity index (χ4n) is 3.40. The summed E-state index contributed by atoms with van der Waals surface area (Å²) in [4.78, 5) is 17.0. The highest BCUT2D eigenvalue weighted by molar-refractivity contribution is 7.92. The number of sulfonamides is 1. The lowest BCUT2D eigenvalue weighted by molar-refractivity contribution is 0.0914. The molecule has 1 aromatic heterocycles. The van der Waals surface area contributed by atoms with Gasteiger partial charge in [-0.3, -0.25) is 9.52 Å². The van der Waals surface area contributed by atoms with Crippen LogP contribution in [-0.4, -0.2) is 25.4 Å². The zero-order chi connectivity index (χ0) is 22.7. The number of ether oxygens (including phenoxy) is 1. The number of amides is 1. The minimum atomic E-state index is -3.77. The predicted octanol–water partition coefficient (Wildman–Crippen LogP) is 4.57. The van der Waals surface area contributed by atoms with Crippen molar-refractivity contribution in [3.8, 4) is 11.6 Å². The van der Waals surface area contributed by atoms with Crippen LogP contribution in [0.25, 0.3) is 0 Å². The molecule has 166 valence electrons. The van der Waals surface area contributed by atoms with Gasteiger partial charge in [0.05, 0.1) is 10.6 Å². The van der Waals surface area contributed by atoms with Crippen molar-refractivity contribution in [2.75, 3.05) is 4.72 Å². The molecule has 1 amide bonds. The number of benzene rings is 2. The molecule has 0 bridgehead atoms. The lowest BCUT2D eigenvalue weighted by Gasteiger charge is -2.26. The number of anilines is 1. The molecular formula is C24H25N3O4S. The summed E-state index contributed by atoms with van der Waals surface area (Å²) in [5.41, 5.74) is 2.20. The maximum Gasteiger partial charge on any atom is 0.262 e. The van der Waals surface area contributed by atoms with Gasteiger partial charge in [-0.1, -0.05) is 18.2 Å². The van der Waals surface area contributed by atoms with Crippen LogP contribution >= 0.6 is 0 Å². The van der Waals surface area contributed by atoms with Gasteiger partial charge in [0.25, 0.3) is 15.9 Å². The second-order valence-corrected chi connectivity index (χ2v) is 9.61. The molecule has 1 aliphatic carbocycles. The first-order valence-corrected chi connectivity index (χ1v) is 11.9. The Hall–Kier alpha value is -3.39. The quantitative estimate of drug-likeness (QED) is 0.548. The number of hydrogen-bond donors (Lipinski definition) is 2. The lowest BCUT2D eigenvalue weighted by atomic mass is 9.93. The van der Waals surface area contributed by atoms with Crippen LogP contribution in [0.15, 0.2) is 65.7 Å². The molecule has 0 saturated heterocycles. The van der Waals surface area contributed by atoms with Crippen LogP contribution in [0.1, 0.15) is 40.7 Å². The zero-order valence-electron chi connectivity index (χ0n) is 18.0. The van der Waals surface area contributed by atoms with Crippen LogP contribution in [0.4, 0.5) is 5.69 Å². The topological polar surface area (TPSA) is 97.4 Å². The number of rotatable bonds is 7. The Kier molecular flexibility index (Phi) is 6.14. The summed E-state index contributed by atoms with van der Waals surface area (Å²) in [5.74, 6) is 0.297. The predicted molar refractivity (Wildman–Crippen MR) is 123 cm³/mol. The van der Waals surface area contributed by atoms with Crippen molar-refractivity contribution in [3.63, 3.8) is 0 Å². The smallest absolute Gasteiger partial charge is 0.262 e. The Balaban J connectivity index is 1.54. The number of pyridine rings is 1. The van der Waals surface area contributed by atoms with Crippen LogP contribution in [-0.2, 0) is 10.0 Å². The summed E-state index contributed by atoms with van der Waals surface area (Å²) in [6, 6.07) is 15.4. The number of carbonyl (C=O) groups excluding carboxylic acids is 1. The van der Waals surface area contributed by atoms with Gasteiger partial charge in [-0.15, -0.1) is 0 Å². The van der Waals surface area contributed by atoms with Crippen molar-refractivity contribution < 1.29 is 17.9 Å². The van der Waals surface area contributed by atoms with Crippen LogP contribution in [0.5, 0.6) is 11.6 Å². The van der Waals surface area contributed by atoms with Crippen LogP contribution in [0.2, 0.25) is 0 Å². The van der Waals surface area contributed by atoms with E-state index in [1.54, 1.807) is 61.7 Å². The summed E-state index contributed by atoms with van der Waals surface area (Å²) in [6.45, 7) is 3.60. The van der Waals surface area contributed by atoms with Gasteiger partial charge in [-0.25, -0.2) is 13.4 Å². The highest BCUT2D eigenvalue weighted by atomic mass is 32.2. The van der Waals surface area contributed by atoms with E-state index in [9.17, 15) is 13.2 Å². The molecule has 2 N–H and O–H groups in total. The maximum atomic E-state index is 12.9. The van der Waals surface area contributed by atoms with Crippen molar-refractivity contribution in [2.45, 2.75) is 44.0 Å². The molecular weight excluding hydrogens is 426 g/mol. The molecule has 0 aliphatic heterocycles. The molecule has 32 heavy (non-hydrogen) atoms. The summed E-state index contributed by atoms with van der Waals surface area (Å²) in [6.07, 6.45) is 4.62. The molecule has 1 aliphatic rings. The molecule has 4 rings (SSSR count). The summed E-state index contributed by atoms with van der Waals surface area (Å²) >= 11 is 0. The van der Waals surface area contributed by atoms with E-state index in [1.807, 2.05) is 13.0 Å². The van der Waals surface area contributed by atoms with Crippen molar-refractivity contribution >= 4 is 21.6 Å². The minimum Gasteiger partial charge on any atom is -0.438 e. The largest absolute Gasteiger partial charge is 0.438 e. The van der Waals surface area contributed by atoms with Gasteiger partial charge in [0, 0.05) is 18.3 Å². The second-order valence-electron chi connectivity index (χ2n) is 7.96. The van der Waals surface area contributed by atoms with Gasteiger partial charge < -0.3 is 10.1 Å². The Bertz CT molecular complexity index is 1250. The van der Waals surface area contributed by atoms with E-state index in [0.29, 0.717) is 22.6 Å². The van der Waals surface area contributed by atoms with E-state index in [-0.39, 0.29) is 22.7 Å². The first-order valence-electron chi connectivity index (χ1n) is 10.5. The van der Waals surface area contributed by atoms with Crippen molar-refractivity contribution in [2.24, 2.45) is 0 Å². The summed E-state index contributed by atoms with van der Waals surface area (Å²) in [7, 11) is -3.77. The average molecular weight is 452 g/mol. The van der Waals surface area contributed by atoms with Gasteiger partial charge >= 0.3 is 0 Å². The fourth-order valence-corrected chi connectivity index (χ4v) is 4.78. The minimum absolute atomic E-state index is 0.166. The first kappa shape index (κ1) is 21.8. The molecule has 0 radical (unpaired) electrons. The Morgan fingerprint density at radius 3 is 2.62 bits per heavy atom.